The second-order valence-corrected chi connectivity index (χ2v) is 15.0. The number of ether oxygens (including phenoxy) is 2. The zero-order chi connectivity index (χ0) is 34.6. The molecule has 0 amide bonds. The van der Waals surface area contributed by atoms with E-state index < -0.39 is 21.5 Å². The van der Waals surface area contributed by atoms with Gasteiger partial charge in [0.15, 0.2) is 13.1 Å². The van der Waals surface area contributed by atoms with Gasteiger partial charge in [0.2, 0.25) is 5.36 Å². The molecule has 0 saturated carbocycles. The maximum Gasteiger partial charge on any atom is 1.00 e. The molecule has 3 aliphatic rings. The number of rotatable bonds is 14. The first-order chi connectivity index (χ1) is 22.1. The maximum absolute atomic E-state index is 12.0. The summed E-state index contributed by atoms with van der Waals surface area (Å²) in [6.07, 6.45) is 4.13. The molecule has 1 N–H and O–H groups in total. The van der Waals surface area contributed by atoms with E-state index in [4.69, 9.17) is 19.0 Å². The number of carboxylic acid groups (broad SMARTS) is 1. The number of hydrogen-bond acceptors (Lipinski definition) is 8. The van der Waals surface area contributed by atoms with Gasteiger partial charge in [0, 0.05) is 61.7 Å². The van der Waals surface area contributed by atoms with Gasteiger partial charge in [-0.2, -0.15) is 0 Å². The first-order valence-corrected chi connectivity index (χ1v) is 17.4. The van der Waals surface area contributed by atoms with Crippen molar-refractivity contribution in [3.05, 3.63) is 70.4 Å². The van der Waals surface area contributed by atoms with Gasteiger partial charge in [-0.3, -0.25) is 4.79 Å². The molecule has 4 rings (SSSR count). The summed E-state index contributed by atoms with van der Waals surface area (Å²) < 4.78 is 55.5. The number of fused-ring (bicyclic) bond motifs is 2. The van der Waals surface area contributed by atoms with Gasteiger partial charge in [0.1, 0.15) is 34.9 Å². The van der Waals surface area contributed by atoms with Crippen molar-refractivity contribution in [2.75, 3.05) is 52.0 Å². The molecule has 0 radical (unpaired) electrons. The predicted molar refractivity (Wildman–Crippen MR) is 182 cm³/mol. The number of unbranched alkanes of at least 4 members (excludes halogenated alkanes) is 2. The van der Waals surface area contributed by atoms with E-state index in [1.54, 1.807) is 20.3 Å². The van der Waals surface area contributed by atoms with Crippen molar-refractivity contribution in [2.24, 2.45) is 0 Å². The van der Waals surface area contributed by atoms with E-state index in [1.165, 1.54) is 12.1 Å². The Balaban J connectivity index is 0.00000625. The van der Waals surface area contributed by atoms with Gasteiger partial charge in [-0.25, -0.2) is 13.0 Å². The van der Waals surface area contributed by atoms with Crippen LogP contribution in [0.3, 0.4) is 0 Å². The smallest absolute Gasteiger partial charge is 0.744 e. The molecular weight excluding hydrogens is 643 g/mol. The van der Waals surface area contributed by atoms with Gasteiger partial charge >= 0.3 is 35.5 Å². The Hall–Kier alpha value is -2.51. The quantitative estimate of drug-likeness (QED) is 0.117. The van der Waals surface area contributed by atoms with Crippen LogP contribution in [0, 0.1) is 0 Å². The summed E-state index contributed by atoms with van der Waals surface area (Å²) in [5.41, 5.74) is 3.71. The minimum absolute atomic E-state index is 0. The summed E-state index contributed by atoms with van der Waals surface area (Å²) in [7, 11) is -1.29. The van der Waals surface area contributed by atoms with Gasteiger partial charge in [-0.15, -0.1) is 0 Å². The van der Waals surface area contributed by atoms with Crippen molar-refractivity contribution in [1.29, 1.82) is 0 Å². The molecule has 48 heavy (non-hydrogen) atoms. The molecule has 1 aromatic carbocycles. The second-order valence-electron chi connectivity index (χ2n) is 13.6. The van der Waals surface area contributed by atoms with E-state index >= 15 is 0 Å². The van der Waals surface area contributed by atoms with Gasteiger partial charge in [-0.1, -0.05) is 41.0 Å². The standard InChI is InChI=1S/C36H48N2O8S.Na/c1-35(2,3)29-22-26(46-32-21-25(12-14-28(29)32)37(17-19-44-6)18-20-45-7)23-33-36(4,5)30-24-27(47(41,42)43)13-15-31(30)38(33)16-10-8-9-11-34(39)40;/h12-15,21-24H,8-11,16-20H2,1-7H3,(H-,39,40,41,42,43);/q;+1. The predicted octanol–water partition coefficient (Wildman–Crippen LogP) is 2.44. The summed E-state index contributed by atoms with van der Waals surface area (Å²) in [5.74, 6) is 0.555. The van der Waals surface area contributed by atoms with E-state index in [2.05, 4.69) is 54.5 Å². The Morgan fingerprint density at radius 3 is 2.27 bits per heavy atom. The summed E-state index contributed by atoms with van der Waals surface area (Å²) in [6.45, 7) is 13.6. The summed E-state index contributed by atoms with van der Waals surface area (Å²) in [4.78, 5) is 12.9. The van der Waals surface area contributed by atoms with Crippen LogP contribution in [0.15, 0.2) is 57.5 Å². The Morgan fingerprint density at radius 1 is 1.02 bits per heavy atom. The van der Waals surface area contributed by atoms with Gasteiger partial charge < -0.3 is 28.5 Å². The van der Waals surface area contributed by atoms with E-state index in [9.17, 15) is 17.8 Å². The van der Waals surface area contributed by atoms with Crippen molar-refractivity contribution in [2.45, 2.75) is 76.0 Å². The van der Waals surface area contributed by atoms with Gasteiger partial charge in [0.25, 0.3) is 0 Å². The Bertz CT molecular complexity index is 1760. The van der Waals surface area contributed by atoms with Crippen LogP contribution in [-0.4, -0.2) is 71.1 Å². The van der Waals surface area contributed by atoms with Crippen LogP contribution in [-0.2, 0) is 35.2 Å². The molecule has 2 heterocycles. The monoisotopic (exact) mass is 691 g/mol. The van der Waals surface area contributed by atoms with E-state index in [1.807, 2.05) is 19.9 Å². The van der Waals surface area contributed by atoms with Crippen LogP contribution >= 0.6 is 0 Å². The number of methoxy groups -OCH3 is 2. The molecule has 0 aromatic heterocycles. The first kappa shape index (κ1) is 39.9. The number of carbonyl (C=O) groups is 1. The average Bonchev–Trinajstić information content (AvgIpc) is 3.20. The third-order valence-electron chi connectivity index (χ3n) is 8.78. The number of carboxylic acids is 1. The molecule has 0 saturated heterocycles. The van der Waals surface area contributed by atoms with Crippen molar-refractivity contribution in [3.8, 4) is 11.3 Å². The molecule has 1 aliphatic carbocycles. The topological polar surface area (TPSA) is 132 Å². The normalized spacial score (nSPS) is 15.1. The molecule has 0 bridgehead atoms. The summed E-state index contributed by atoms with van der Waals surface area (Å²) in [5, 5.41) is 10.1. The minimum Gasteiger partial charge on any atom is -0.744 e. The fourth-order valence-electron chi connectivity index (χ4n) is 6.22. The van der Waals surface area contributed by atoms with Crippen LogP contribution in [0.2, 0.25) is 0 Å². The van der Waals surface area contributed by atoms with Crippen molar-refractivity contribution < 1.29 is 66.3 Å². The zero-order valence-corrected chi connectivity index (χ0v) is 32.4. The van der Waals surface area contributed by atoms with Crippen LogP contribution in [0.4, 0.5) is 5.69 Å². The minimum atomic E-state index is -4.65. The molecule has 256 valence electrons. The van der Waals surface area contributed by atoms with E-state index in [0.717, 1.165) is 52.0 Å². The fraction of sp³-hybridized carbons (Fsp3) is 0.500. The summed E-state index contributed by atoms with van der Waals surface area (Å²) in [6, 6.07) is 12.9. The van der Waals surface area contributed by atoms with E-state index in [0.29, 0.717) is 45.0 Å². The molecule has 12 heteroatoms. The van der Waals surface area contributed by atoms with Crippen molar-refractivity contribution >= 4 is 27.9 Å². The van der Waals surface area contributed by atoms with E-state index in [-0.39, 0.29) is 46.3 Å². The SMILES string of the molecule is COCC[N+](CCOC)=c1ccc2c(C(C)(C)C)cc(/C=C3/N(CCCCCC(=O)O)c4ccc(S(=O)(=O)[O-])cc4C3(C)C)oc-2c1.[Na+]. The molecule has 10 nitrogen and oxygen atoms in total. The molecular formula is C36H48N2NaO8S+. The Labute approximate surface area is 306 Å². The third kappa shape index (κ3) is 9.38. The Kier molecular flexibility index (Phi) is 13.7. The fourth-order valence-corrected chi connectivity index (χ4v) is 6.72. The number of nitrogens with zero attached hydrogens (tertiary/aromatic N) is 2. The first-order valence-electron chi connectivity index (χ1n) is 16.0. The number of aliphatic carboxylic acids is 1. The largest absolute Gasteiger partial charge is 1.00 e. The van der Waals surface area contributed by atoms with Gasteiger partial charge in [-0.05, 0) is 59.7 Å². The number of anilines is 1. The molecule has 2 aliphatic heterocycles. The summed E-state index contributed by atoms with van der Waals surface area (Å²) >= 11 is 0. The Morgan fingerprint density at radius 2 is 1.69 bits per heavy atom. The van der Waals surface area contributed by atoms with Crippen molar-refractivity contribution in [1.82, 2.24) is 4.58 Å². The number of allylic oxidation sites excluding steroid dienone is 1. The molecule has 0 unspecified atom stereocenters. The second kappa shape index (κ2) is 16.5. The third-order valence-corrected chi connectivity index (χ3v) is 9.61. The maximum atomic E-state index is 12.0. The van der Waals surface area contributed by atoms with Crippen LogP contribution < -0.4 is 44.4 Å². The zero-order valence-electron chi connectivity index (χ0n) is 29.6. The molecule has 0 fully saturated rings. The number of hydrogen-bond donors (Lipinski definition) is 1. The van der Waals surface area contributed by atoms with Crippen LogP contribution in [0.25, 0.3) is 17.4 Å². The van der Waals surface area contributed by atoms with Crippen LogP contribution in [0.1, 0.15) is 77.2 Å². The molecule has 1 aromatic rings. The van der Waals surface area contributed by atoms with Crippen LogP contribution in [0.5, 0.6) is 0 Å². The molecule has 0 atom stereocenters. The average molecular weight is 692 g/mol. The van der Waals surface area contributed by atoms with Crippen molar-refractivity contribution in [3.63, 3.8) is 0 Å². The molecule has 0 spiro atoms. The van der Waals surface area contributed by atoms with Gasteiger partial charge in [0.05, 0.1) is 11.0 Å². The number of benzene rings is 2.